The number of nitrogens with one attached hydrogen (secondary N) is 1. The number of hydrogen-bond acceptors (Lipinski definition) is 2. The first kappa shape index (κ1) is 14.6. The third-order valence-corrected chi connectivity index (χ3v) is 2.74. The molecule has 0 spiro atoms. The molecule has 0 aromatic carbocycles. The average molecular weight is 252 g/mol. The van der Waals surface area contributed by atoms with Gasteiger partial charge in [0.1, 0.15) is 5.82 Å². The second-order valence-electron chi connectivity index (χ2n) is 4.41. The molecule has 18 heavy (non-hydrogen) atoms. The number of carbonyl (C=O) groups excluding carboxylic acids is 1. The first-order valence-corrected chi connectivity index (χ1v) is 6.64. The lowest BCUT2D eigenvalue weighted by atomic mass is 10.1. The molecule has 0 aliphatic rings. The summed E-state index contributed by atoms with van der Waals surface area (Å²) in [6.07, 6.45) is 7.34. The predicted octanol–water partition coefficient (Wildman–Crippen LogP) is 3.91. The summed E-state index contributed by atoms with van der Waals surface area (Å²) in [5.74, 6) is -0.387. The number of hydrogen-bond donors (Lipinski definition) is 1. The standard InChI is InChI=1S/C14H21FN2O/c1-2-3-4-5-6-7-11-14(18)17-13-10-8-9-12(15)16-13/h8-10H,2-7,11H2,1H3,(H,16,17,18). The van der Waals surface area contributed by atoms with Gasteiger partial charge in [0.15, 0.2) is 0 Å². The SMILES string of the molecule is CCCCCCCCC(=O)Nc1cccc(F)n1. The summed E-state index contributed by atoms with van der Waals surface area (Å²) in [7, 11) is 0. The van der Waals surface area contributed by atoms with Crippen molar-refractivity contribution < 1.29 is 9.18 Å². The van der Waals surface area contributed by atoms with Crippen LogP contribution >= 0.6 is 0 Å². The molecule has 1 N–H and O–H groups in total. The molecule has 4 heteroatoms. The highest BCUT2D eigenvalue weighted by Gasteiger charge is 2.03. The van der Waals surface area contributed by atoms with Crippen molar-refractivity contribution in [2.24, 2.45) is 0 Å². The van der Waals surface area contributed by atoms with E-state index in [0.29, 0.717) is 6.42 Å². The highest BCUT2D eigenvalue weighted by molar-refractivity contribution is 5.89. The number of unbranched alkanes of at least 4 members (excludes halogenated alkanes) is 5. The summed E-state index contributed by atoms with van der Waals surface area (Å²) in [4.78, 5) is 15.1. The lowest BCUT2D eigenvalue weighted by Crippen LogP contribution is -2.12. The van der Waals surface area contributed by atoms with Gasteiger partial charge in [0.25, 0.3) is 0 Å². The van der Waals surface area contributed by atoms with Gasteiger partial charge in [0.05, 0.1) is 0 Å². The normalized spacial score (nSPS) is 10.3. The molecule has 0 saturated carbocycles. The molecule has 100 valence electrons. The average Bonchev–Trinajstić information content (AvgIpc) is 2.33. The van der Waals surface area contributed by atoms with E-state index in [1.807, 2.05) is 0 Å². The molecule has 1 amide bonds. The first-order valence-electron chi connectivity index (χ1n) is 6.64. The van der Waals surface area contributed by atoms with Crippen molar-refractivity contribution in [3.05, 3.63) is 24.1 Å². The van der Waals surface area contributed by atoms with Crippen LogP contribution in [0.1, 0.15) is 51.9 Å². The minimum Gasteiger partial charge on any atom is -0.311 e. The minimum atomic E-state index is -0.577. The van der Waals surface area contributed by atoms with Crippen LogP contribution in [0.3, 0.4) is 0 Å². The minimum absolute atomic E-state index is 0.0939. The summed E-state index contributed by atoms with van der Waals surface area (Å²) < 4.78 is 12.8. The summed E-state index contributed by atoms with van der Waals surface area (Å²) in [6.45, 7) is 2.18. The lowest BCUT2D eigenvalue weighted by Gasteiger charge is -2.04. The van der Waals surface area contributed by atoms with E-state index in [-0.39, 0.29) is 11.7 Å². The summed E-state index contributed by atoms with van der Waals surface area (Å²) in [6, 6.07) is 4.37. The van der Waals surface area contributed by atoms with E-state index in [0.717, 1.165) is 12.8 Å². The van der Waals surface area contributed by atoms with Gasteiger partial charge in [-0.25, -0.2) is 4.98 Å². The molecule has 1 aromatic rings. The van der Waals surface area contributed by atoms with Gasteiger partial charge < -0.3 is 5.32 Å². The number of halogens is 1. The highest BCUT2D eigenvalue weighted by Crippen LogP contribution is 2.09. The molecule has 0 bridgehead atoms. The van der Waals surface area contributed by atoms with Crippen LogP contribution in [0.5, 0.6) is 0 Å². The zero-order valence-electron chi connectivity index (χ0n) is 10.9. The van der Waals surface area contributed by atoms with Crippen LogP contribution in [0.4, 0.5) is 10.2 Å². The molecule has 1 heterocycles. The van der Waals surface area contributed by atoms with Gasteiger partial charge in [-0.05, 0) is 18.6 Å². The molecule has 3 nitrogen and oxygen atoms in total. The quantitative estimate of drug-likeness (QED) is 0.563. The monoisotopic (exact) mass is 252 g/mol. The Morgan fingerprint density at radius 1 is 1.22 bits per heavy atom. The van der Waals surface area contributed by atoms with Crippen molar-refractivity contribution in [2.75, 3.05) is 5.32 Å². The fraction of sp³-hybridized carbons (Fsp3) is 0.571. The Hall–Kier alpha value is -1.45. The molecule has 0 fully saturated rings. The van der Waals surface area contributed by atoms with E-state index in [4.69, 9.17) is 0 Å². The number of carbonyl (C=O) groups is 1. The molecule has 0 radical (unpaired) electrons. The fourth-order valence-corrected chi connectivity index (χ4v) is 1.75. The fourth-order valence-electron chi connectivity index (χ4n) is 1.75. The van der Waals surface area contributed by atoms with E-state index in [2.05, 4.69) is 17.2 Å². The van der Waals surface area contributed by atoms with E-state index >= 15 is 0 Å². The molecule has 0 saturated heterocycles. The van der Waals surface area contributed by atoms with Crippen LogP contribution in [0.2, 0.25) is 0 Å². The number of pyridine rings is 1. The first-order chi connectivity index (χ1) is 8.72. The molecule has 0 aliphatic carbocycles. The number of aromatic nitrogens is 1. The van der Waals surface area contributed by atoms with Crippen molar-refractivity contribution in [3.63, 3.8) is 0 Å². The molecule has 0 unspecified atom stereocenters. The molecular formula is C14H21FN2O. The highest BCUT2D eigenvalue weighted by atomic mass is 19.1. The van der Waals surface area contributed by atoms with Crippen molar-refractivity contribution in [1.82, 2.24) is 4.98 Å². The van der Waals surface area contributed by atoms with E-state index in [1.54, 1.807) is 6.07 Å². The molecule has 1 aromatic heterocycles. The zero-order valence-corrected chi connectivity index (χ0v) is 10.9. The Morgan fingerprint density at radius 3 is 2.67 bits per heavy atom. The van der Waals surface area contributed by atoms with E-state index in [1.165, 1.54) is 37.8 Å². The Morgan fingerprint density at radius 2 is 1.94 bits per heavy atom. The van der Waals surface area contributed by atoms with Crippen LogP contribution in [0, 0.1) is 5.95 Å². The summed E-state index contributed by atoms with van der Waals surface area (Å²) in [5, 5.41) is 2.59. The van der Waals surface area contributed by atoms with E-state index in [9.17, 15) is 9.18 Å². The summed E-state index contributed by atoms with van der Waals surface area (Å²) >= 11 is 0. The Kier molecular flexibility index (Phi) is 6.99. The van der Waals surface area contributed by atoms with Crippen LogP contribution in [0.25, 0.3) is 0 Å². The van der Waals surface area contributed by atoms with Gasteiger partial charge in [-0.2, -0.15) is 4.39 Å². The predicted molar refractivity (Wildman–Crippen MR) is 70.8 cm³/mol. The Bertz CT molecular complexity index is 369. The van der Waals surface area contributed by atoms with Gasteiger partial charge in [-0.3, -0.25) is 4.79 Å². The third kappa shape index (κ3) is 6.33. The second kappa shape index (κ2) is 8.61. The van der Waals surface area contributed by atoms with Crippen LogP contribution in [-0.2, 0) is 4.79 Å². The molecule has 0 atom stereocenters. The number of rotatable bonds is 8. The third-order valence-electron chi connectivity index (χ3n) is 2.74. The van der Waals surface area contributed by atoms with Gasteiger partial charge in [0.2, 0.25) is 11.9 Å². The second-order valence-corrected chi connectivity index (χ2v) is 4.41. The van der Waals surface area contributed by atoms with Gasteiger partial charge >= 0.3 is 0 Å². The maximum absolute atomic E-state index is 12.8. The lowest BCUT2D eigenvalue weighted by molar-refractivity contribution is -0.116. The smallest absolute Gasteiger partial charge is 0.225 e. The number of anilines is 1. The van der Waals surface area contributed by atoms with Gasteiger partial charge in [-0.1, -0.05) is 45.1 Å². The van der Waals surface area contributed by atoms with Crippen LogP contribution in [-0.4, -0.2) is 10.9 Å². The molecular weight excluding hydrogens is 231 g/mol. The van der Waals surface area contributed by atoms with Crippen molar-refractivity contribution in [1.29, 1.82) is 0 Å². The maximum Gasteiger partial charge on any atom is 0.225 e. The van der Waals surface area contributed by atoms with Crippen molar-refractivity contribution >= 4 is 11.7 Å². The largest absolute Gasteiger partial charge is 0.311 e. The summed E-state index contributed by atoms with van der Waals surface area (Å²) in [5.41, 5.74) is 0. The maximum atomic E-state index is 12.8. The Balaban J connectivity index is 2.14. The van der Waals surface area contributed by atoms with Gasteiger partial charge in [0, 0.05) is 6.42 Å². The number of nitrogens with zero attached hydrogens (tertiary/aromatic N) is 1. The molecule has 1 rings (SSSR count). The van der Waals surface area contributed by atoms with Crippen LogP contribution in [0.15, 0.2) is 18.2 Å². The van der Waals surface area contributed by atoms with Crippen LogP contribution < -0.4 is 5.32 Å². The van der Waals surface area contributed by atoms with Gasteiger partial charge in [-0.15, -0.1) is 0 Å². The van der Waals surface area contributed by atoms with Crippen molar-refractivity contribution in [3.8, 4) is 0 Å². The number of amides is 1. The van der Waals surface area contributed by atoms with Crippen molar-refractivity contribution in [2.45, 2.75) is 51.9 Å². The molecule has 0 aliphatic heterocycles. The zero-order chi connectivity index (χ0) is 13.2. The van der Waals surface area contributed by atoms with E-state index < -0.39 is 5.95 Å². The topological polar surface area (TPSA) is 42.0 Å². The Labute approximate surface area is 108 Å².